The molecule has 0 unspecified atom stereocenters. The molecule has 2 N–H and O–H groups in total. The first-order chi connectivity index (χ1) is 11.9. The Morgan fingerprint density at radius 2 is 1.80 bits per heavy atom. The smallest absolute Gasteiger partial charge is 0.294 e. The highest BCUT2D eigenvalue weighted by molar-refractivity contribution is 9.10. The van der Waals surface area contributed by atoms with Crippen molar-refractivity contribution in [3.05, 3.63) is 44.4 Å². The summed E-state index contributed by atoms with van der Waals surface area (Å²) in [7, 11) is 3.15. The number of aromatic nitrogens is 2. The molecule has 0 bridgehead atoms. The minimum atomic E-state index is -0.283. The van der Waals surface area contributed by atoms with Crippen LogP contribution in [-0.4, -0.2) is 42.1 Å². The second-order valence-electron chi connectivity index (χ2n) is 5.77. The van der Waals surface area contributed by atoms with Gasteiger partial charge in [-0.1, -0.05) is 0 Å². The van der Waals surface area contributed by atoms with Gasteiger partial charge >= 0.3 is 0 Å². The van der Waals surface area contributed by atoms with Crippen LogP contribution in [0.4, 0.5) is 11.5 Å². The number of nitrogens with zero attached hydrogens (tertiary/aromatic N) is 2. The molecule has 0 fully saturated rings. The fourth-order valence-electron chi connectivity index (χ4n) is 2.68. The molecule has 0 amide bonds. The van der Waals surface area contributed by atoms with Crippen LogP contribution in [0.1, 0.15) is 17.2 Å². The van der Waals surface area contributed by atoms with Crippen LogP contribution in [-0.2, 0) is 9.47 Å². The van der Waals surface area contributed by atoms with Crippen LogP contribution in [0.25, 0.3) is 0 Å². The highest BCUT2D eigenvalue weighted by Crippen LogP contribution is 2.27. The van der Waals surface area contributed by atoms with E-state index in [-0.39, 0.29) is 23.2 Å². The maximum atomic E-state index is 12.9. The topological polar surface area (TPSA) is 85.6 Å². The Morgan fingerprint density at radius 3 is 2.32 bits per heavy atom. The largest absolute Gasteiger partial charge is 0.508 e. The Morgan fingerprint density at radius 1 is 1.24 bits per heavy atom. The first-order valence-electron chi connectivity index (χ1n) is 7.71. The van der Waals surface area contributed by atoms with Crippen molar-refractivity contribution >= 4 is 27.4 Å². The number of halogens is 1. The van der Waals surface area contributed by atoms with Crippen molar-refractivity contribution in [3.8, 4) is 5.75 Å². The van der Waals surface area contributed by atoms with Gasteiger partial charge in [0.1, 0.15) is 10.4 Å². The average molecular weight is 412 g/mol. The van der Waals surface area contributed by atoms with E-state index in [0.717, 1.165) is 16.8 Å². The Labute approximate surface area is 154 Å². The maximum absolute atomic E-state index is 12.9. The Hall–Kier alpha value is -1.90. The molecule has 7 nitrogen and oxygen atoms in total. The van der Waals surface area contributed by atoms with E-state index in [9.17, 15) is 9.90 Å². The third kappa shape index (κ3) is 4.59. The van der Waals surface area contributed by atoms with Gasteiger partial charge in [-0.25, -0.2) is 4.98 Å². The molecule has 1 heterocycles. The van der Waals surface area contributed by atoms with Crippen molar-refractivity contribution in [2.45, 2.75) is 19.9 Å². The lowest BCUT2D eigenvalue weighted by Gasteiger charge is -2.20. The summed E-state index contributed by atoms with van der Waals surface area (Å²) in [5.74, 6) is 0.365. The van der Waals surface area contributed by atoms with E-state index in [1.54, 1.807) is 32.5 Å². The van der Waals surface area contributed by atoms with Crippen molar-refractivity contribution in [3.63, 3.8) is 0 Å². The Bertz CT molecular complexity index is 778. The monoisotopic (exact) mass is 411 g/mol. The molecule has 0 aliphatic heterocycles. The molecule has 0 radical (unpaired) electrons. The van der Waals surface area contributed by atoms with Gasteiger partial charge in [-0.15, -0.1) is 0 Å². The number of rotatable bonds is 7. The number of phenols is 1. The fraction of sp³-hybridized carbons (Fsp3) is 0.412. The predicted molar refractivity (Wildman–Crippen MR) is 99.8 cm³/mol. The van der Waals surface area contributed by atoms with Crippen molar-refractivity contribution in [2.75, 3.05) is 32.8 Å². The van der Waals surface area contributed by atoms with Gasteiger partial charge in [0.25, 0.3) is 5.56 Å². The van der Waals surface area contributed by atoms with E-state index in [1.807, 2.05) is 13.8 Å². The van der Waals surface area contributed by atoms with Crippen molar-refractivity contribution in [1.29, 1.82) is 0 Å². The van der Waals surface area contributed by atoms with Gasteiger partial charge < -0.3 is 24.5 Å². The lowest BCUT2D eigenvalue weighted by atomic mass is 10.1. The third-order valence-electron chi connectivity index (χ3n) is 3.77. The van der Waals surface area contributed by atoms with Crippen LogP contribution in [0.2, 0.25) is 0 Å². The number of hydrogen-bond donors (Lipinski definition) is 2. The molecular weight excluding hydrogens is 390 g/mol. The van der Waals surface area contributed by atoms with E-state index < -0.39 is 0 Å². The van der Waals surface area contributed by atoms with Gasteiger partial charge in [0.15, 0.2) is 5.82 Å². The molecule has 0 aliphatic rings. The highest BCUT2D eigenvalue weighted by Gasteiger charge is 2.17. The molecule has 0 aliphatic carbocycles. The molecule has 8 heteroatoms. The van der Waals surface area contributed by atoms with Gasteiger partial charge in [0.05, 0.1) is 19.3 Å². The van der Waals surface area contributed by atoms with Crippen LogP contribution in [0.15, 0.2) is 27.7 Å². The van der Waals surface area contributed by atoms with Crippen LogP contribution >= 0.6 is 15.9 Å². The Kier molecular flexibility index (Phi) is 6.57. The summed E-state index contributed by atoms with van der Waals surface area (Å²) in [5, 5.41) is 12.8. The lowest BCUT2D eigenvalue weighted by molar-refractivity contribution is 0.0878. The van der Waals surface area contributed by atoms with Crippen molar-refractivity contribution in [2.24, 2.45) is 0 Å². The van der Waals surface area contributed by atoms with Gasteiger partial charge in [-0.3, -0.25) is 4.79 Å². The van der Waals surface area contributed by atoms with E-state index in [2.05, 4.69) is 26.2 Å². The number of ether oxygens (including phenoxy) is 2. The van der Waals surface area contributed by atoms with Gasteiger partial charge in [0.2, 0.25) is 0 Å². The molecular formula is C17H22BrN3O4. The molecule has 2 rings (SSSR count). The molecule has 0 atom stereocenters. The van der Waals surface area contributed by atoms with E-state index in [0.29, 0.717) is 17.8 Å². The molecule has 0 saturated heterocycles. The predicted octanol–water partition coefficient (Wildman–Crippen LogP) is 2.91. The average Bonchev–Trinajstić information content (AvgIpc) is 2.53. The summed E-state index contributed by atoms with van der Waals surface area (Å²) < 4.78 is 12.4. The van der Waals surface area contributed by atoms with Gasteiger partial charge in [-0.2, -0.15) is 0 Å². The third-order valence-corrected chi connectivity index (χ3v) is 4.16. The minimum Gasteiger partial charge on any atom is -0.508 e. The summed E-state index contributed by atoms with van der Waals surface area (Å²) in [4.78, 5) is 17.1. The number of nitrogens with one attached hydrogen (secondary N) is 1. The molecule has 25 heavy (non-hydrogen) atoms. The second kappa shape index (κ2) is 8.46. The normalized spacial score (nSPS) is 11.1. The molecule has 1 aromatic heterocycles. The first-order valence-corrected chi connectivity index (χ1v) is 8.50. The van der Waals surface area contributed by atoms with Crippen LogP contribution in [0, 0.1) is 13.8 Å². The molecule has 0 saturated carbocycles. The second-order valence-corrected chi connectivity index (χ2v) is 6.58. The quantitative estimate of drug-likeness (QED) is 0.681. The molecule has 2 aromatic rings. The van der Waals surface area contributed by atoms with Crippen LogP contribution < -0.4 is 10.9 Å². The van der Waals surface area contributed by atoms with Crippen molar-refractivity contribution < 1.29 is 14.6 Å². The first kappa shape index (κ1) is 19.4. The van der Waals surface area contributed by atoms with Gasteiger partial charge in [0, 0.05) is 26.1 Å². The number of aryl methyl sites for hydroxylation is 2. The van der Waals surface area contributed by atoms with E-state index >= 15 is 0 Å². The number of benzene rings is 1. The molecule has 1 aromatic carbocycles. The van der Waals surface area contributed by atoms with Crippen LogP contribution in [0.5, 0.6) is 5.75 Å². The molecule has 0 spiro atoms. The van der Waals surface area contributed by atoms with Crippen LogP contribution in [0.3, 0.4) is 0 Å². The van der Waals surface area contributed by atoms with Crippen molar-refractivity contribution in [1.82, 2.24) is 9.55 Å². The minimum absolute atomic E-state index is 0.181. The number of phenolic OH excluding ortho intramolecular Hbond substituents is 1. The number of methoxy groups -OCH3 is 2. The molecule has 136 valence electrons. The highest BCUT2D eigenvalue weighted by atomic mass is 79.9. The SMILES string of the molecule is COCC(COC)n1cc(Br)nc(Nc2c(C)cc(O)cc2C)c1=O. The summed E-state index contributed by atoms with van der Waals surface area (Å²) in [6, 6.07) is 2.99. The van der Waals surface area contributed by atoms with Gasteiger partial charge in [-0.05, 0) is 53.0 Å². The summed E-state index contributed by atoms with van der Waals surface area (Å²) >= 11 is 3.35. The zero-order valence-corrected chi connectivity index (χ0v) is 16.3. The van der Waals surface area contributed by atoms with E-state index in [4.69, 9.17) is 9.47 Å². The summed E-state index contributed by atoms with van der Waals surface area (Å²) in [6.07, 6.45) is 1.62. The zero-order chi connectivity index (χ0) is 18.6. The number of aromatic hydroxyl groups is 1. The van der Waals surface area contributed by atoms with E-state index in [1.165, 1.54) is 4.57 Å². The summed E-state index contributed by atoms with van der Waals surface area (Å²) in [6.45, 7) is 4.37. The Balaban J connectivity index is 2.48. The summed E-state index contributed by atoms with van der Waals surface area (Å²) in [5.41, 5.74) is 2.09. The number of anilines is 2. The zero-order valence-electron chi connectivity index (χ0n) is 14.7. The lowest BCUT2D eigenvalue weighted by Crippen LogP contribution is -2.32. The fourth-order valence-corrected chi connectivity index (χ4v) is 3.08. The standard InChI is InChI=1S/C17H22BrN3O4/c1-10-5-13(22)6-11(2)15(10)20-16-17(23)21(7-14(18)19-16)12(8-24-3)9-25-4/h5-7,12,22H,8-9H2,1-4H3,(H,19,20). The number of hydrogen-bond acceptors (Lipinski definition) is 6. The maximum Gasteiger partial charge on any atom is 0.294 e.